The van der Waals surface area contributed by atoms with Crippen LogP contribution in [0.15, 0.2) is 48.7 Å². The van der Waals surface area contributed by atoms with Gasteiger partial charge in [-0.1, -0.05) is 17.7 Å². The number of carbonyl (C=O) groups is 1. The van der Waals surface area contributed by atoms with Crippen molar-refractivity contribution in [1.82, 2.24) is 9.78 Å². The lowest BCUT2D eigenvalue weighted by Crippen LogP contribution is -2.15. The fourth-order valence-corrected chi connectivity index (χ4v) is 2.42. The van der Waals surface area contributed by atoms with E-state index in [9.17, 15) is 13.6 Å². The van der Waals surface area contributed by atoms with Gasteiger partial charge in [0.15, 0.2) is 24.0 Å². The number of amides is 1. The molecule has 0 unspecified atom stereocenters. The molecule has 0 aliphatic rings. The number of aromatic nitrogens is 2. The minimum absolute atomic E-state index is 0.0943. The van der Waals surface area contributed by atoms with E-state index in [1.165, 1.54) is 16.8 Å². The van der Waals surface area contributed by atoms with E-state index in [2.05, 4.69) is 10.4 Å². The average Bonchev–Trinajstić information content (AvgIpc) is 3.06. The first-order valence-electron chi connectivity index (χ1n) is 7.92. The maximum Gasteiger partial charge on any atom is 0.276 e. The van der Waals surface area contributed by atoms with Gasteiger partial charge in [-0.2, -0.15) is 5.10 Å². The maximum absolute atomic E-state index is 13.5. The first-order valence-corrected chi connectivity index (χ1v) is 7.92. The maximum atomic E-state index is 13.5. The van der Waals surface area contributed by atoms with E-state index in [-0.39, 0.29) is 24.1 Å². The van der Waals surface area contributed by atoms with Gasteiger partial charge in [-0.3, -0.25) is 4.79 Å². The number of nitrogens with one attached hydrogen (secondary N) is 1. The Morgan fingerprint density at radius 2 is 1.96 bits per heavy atom. The summed E-state index contributed by atoms with van der Waals surface area (Å²) in [5.74, 6) is -1.93. The summed E-state index contributed by atoms with van der Waals surface area (Å²) >= 11 is 0. The zero-order valence-corrected chi connectivity index (χ0v) is 14.3. The molecule has 1 amide bonds. The topological polar surface area (TPSA) is 56.2 Å². The number of aryl methyl sites for hydroxylation is 2. The first kappa shape index (κ1) is 17.6. The molecule has 0 saturated carbocycles. The molecule has 5 nitrogen and oxygen atoms in total. The summed E-state index contributed by atoms with van der Waals surface area (Å²) in [6.45, 7) is 3.77. The lowest BCUT2D eigenvalue weighted by molar-refractivity contribution is 0.102. The molecule has 1 N–H and O–H groups in total. The van der Waals surface area contributed by atoms with Crippen LogP contribution in [0.5, 0.6) is 5.75 Å². The first-order chi connectivity index (χ1) is 12.4. The Hall–Kier alpha value is -3.22. The van der Waals surface area contributed by atoms with E-state index in [1.807, 2.05) is 32.0 Å². The molecule has 0 aliphatic heterocycles. The van der Waals surface area contributed by atoms with Crippen LogP contribution < -0.4 is 10.1 Å². The van der Waals surface area contributed by atoms with Crippen LogP contribution in [-0.2, 0) is 6.73 Å². The van der Waals surface area contributed by atoms with Crippen molar-refractivity contribution in [2.24, 2.45) is 0 Å². The standard InChI is InChI=1S/C19H17F2N3O2/c1-12-3-5-16(13(2)9-12)22-19(25)17-7-8-24(23-17)11-26-18-6-4-14(20)10-15(18)21/h3-10H,11H2,1-2H3,(H,22,25). The number of nitrogens with zero attached hydrogens (tertiary/aromatic N) is 2. The molecular formula is C19H17F2N3O2. The molecular weight excluding hydrogens is 340 g/mol. The predicted octanol–water partition coefficient (Wildman–Crippen LogP) is 4.07. The second-order valence-corrected chi connectivity index (χ2v) is 5.86. The third-order valence-electron chi connectivity index (χ3n) is 3.75. The number of hydrogen-bond donors (Lipinski definition) is 1. The Labute approximate surface area is 149 Å². The van der Waals surface area contributed by atoms with Crippen molar-refractivity contribution in [2.45, 2.75) is 20.6 Å². The summed E-state index contributed by atoms with van der Waals surface area (Å²) in [6.07, 6.45) is 1.54. The number of benzene rings is 2. The van der Waals surface area contributed by atoms with Crippen molar-refractivity contribution < 1.29 is 18.3 Å². The van der Waals surface area contributed by atoms with Crippen LogP contribution in [-0.4, -0.2) is 15.7 Å². The van der Waals surface area contributed by atoms with Crippen molar-refractivity contribution >= 4 is 11.6 Å². The molecule has 7 heteroatoms. The van der Waals surface area contributed by atoms with E-state index >= 15 is 0 Å². The summed E-state index contributed by atoms with van der Waals surface area (Å²) < 4.78 is 33.0. The van der Waals surface area contributed by atoms with E-state index in [1.54, 1.807) is 6.20 Å². The zero-order chi connectivity index (χ0) is 18.7. The molecule has 134 valence electrons. The van der Waals surface area contributed by atoms with Gasteiger partial charge in [0, 0.05) is 18.0 Å². The van der Waals surface area contributed by atoms with Gasteiger partial charge in [-0.25, -0.2) is 13.5 Å². The van der Waals surface area contributed by atoms with Crippen LogP contribution in [0.3, 0.4) is 0 Å². The van der Waals surface area contributed by atoms with Gasteiger partial charge in [0.05, 0.1) is 0 Å². The summed E-state index contributed by atoms with van der Waals surface area (Å²) in [6, 6.07) is 10.3. The minimum Gasteiger partial charge on any atom is -0.468 e. The lowest BCUT2D eigenvalue weighted by Gasteiger charge is -2.08. The molecule has 0 atom stereocenters. The molecule has 3 rings (SSSR count). The molecule has 0 aliphatic carbocycles. The molecule has 0 bridgehead atoms. The lowest BCUT2D eigenvalue weighted by atomic mass is 10.1. The summed E-state index contributed by atoms with van der Waals surface area (Å²) in [5, 5.41) is 6.90. The van der Waals surface area contributed by atoms with Gasteiger partial charge in [0.1, 0.15) is 5.82 Å². The highest BCUT2D eigenvalue weighted by molar-refractivity contribution is 6.03. The molecule has 0 radical (unpaired) electrons. The third kappa shape index (κ3) is 4.05. The van der Waals surface area contributed by atoms with Gasteiger partial charge >= 0.3 is 0 Å². The SMILES string of the molecule is Cc1ccc(NC(=O)c2ccn(COc3ccc(F)cc3F)n2)c(C)c1. The Morgan fingerprint density at radius 3 is 2.69 bits per heavy atom. The molecule has 0 spiro atoms. The van der Waals surface area contributed by atoms with Crippen molar-refractivity contribution in [3.63, 3.8) is 0 Å². The van der Waals surface area contributed by atoms with Crippen molar-refractivity contribution in [1.29, 1.82) is 0 Å². The van der Waals surface area contributed by atoms with Crippen molar-refractivity contribution in [3.8, 4) is 5.75 Å². The number of halogens is 2. The van der Waals surface area contributed by atoms with Crippen LogP contribution in [0.25, 0.3) is 0 Å². The second kappa shape index (κ2) is 7.35. The number of carbonyl (C=O) groups excluding carboxylic acids is 1. The van der Waals surface area contributed by atoms with E-state index in [0.717, 1.165) is 23.3 Å². The van der Waals surface area contributed by atoms with Crippen LogP contribution in [0.2, 0.25) is 0 Å². The summed E-state index contributed by atoms with van der Waals surface area (Å²) in [5.41, 5.74) is 2.97. The Bertz CT molecular complexity index is 954. The van der Waals surface area contributed by atoms with E-state index in [4.69, 9.17) is 4.74 Å². The second-order valence-electron chi connectivity index (χ2n) is 5.86. The van der Waals surface area contributed by atoms with Crippen LogP contribution in [0, 0.1) is 25.5 Å². The predicted molar refractivity (Wildman–Crippen MR) is 93.1 cm³/mol. The fourth-order valence-electron chi connectivity index (χ4n) is 2.42. The average molecular weight is 357 g/mol. The van der Waals surface area contributed by atoms with Crippen LogP contribution in [0.4, 0.5) is 14.5 Å². The Balaban J connectivity index is 1.64. The normalized spacial score (nSPS) is 10.6. The summed E-state index contributed by atoms with van der Waals surface area (Å²) in [7, 11) is 0. The van der Waals surface area contributed by atoms with Crippen molar-refractivity contribution in [3.05, 3.63) is 77.1 Å². The van der Waals surface area contributed by atoms with Gasteiger partial charge in [0.2, 0.25) is 0 Å². The summed E-state index contributed by atoms with van der Waals surface area (Å²) in [4.78, 5) is 12.3. The van der Waals surface area contributed by atoms with Crippen LogP contribution >= 0.6 is 0 Å². The molecule has 26 heavy (non-hydrogen) atoms. The van der Waals surface area contributed by atoms with Crippen LogP contribution in [0.1, 0.15) is 21.6 Å². The highest BCUT2D eigenvalue weighted by Crippen LogP contribution is 2.18. The Kier molecular flexibility index (Phi) is 4.97. The quantitative estimate of drug-likeness (QED) is 0.749. The fraction of sp³-hybridized carbons (Fsp3) is 0.158. The highest BCUT2D eigenvalue weighted by Gasteiger charge is 2.12. The smallest absolute Gasteiger partial charge is 0.276 e. The van der Waals surface area contributed by atoms with E-state index < -0.39 is 11.6 Å². The van der Waals surface area contributed by atoms with Crippen molar-refractivity contribution in [2.75, 3.05) is 5.32 Å². The minimum atomic E-state index is -0.801. The highest BCUT2D eigenvalue weighted by atomic mass is 19.1. The number of anilines is 1. The van der Waals surface area contributed by atoms with Gasteiger partial charge in [-0.15, -0.1) is 0 Å². The molecule has 3 aromatic rings. The number of ether oxygens (including phenoxy) is 1. The molecule has 1 heterocycles. The van der Waals surface area contributed by atoms with Gasteiger partial charge in [0.25, 0.3) is 5.91 Å². The monoisotopic (exact) mass is 357 g/mol. The van der Waals surface area contributed by atoms with E-state index in [0.29, 0.717) is 5.69 Å². The Morgan fingerprint density at radius 1 is 1.15 bits per heavy atom. The third-order valence-corrected chi connectivity index (χ3v) is 3.75. The molecule has 0 fully saturated rings. The zero-order valence-electron chi connectivity index (χ0n) is 14.3. The van der Waals surface area contributed by atoms with Gasteiger partial charge < -0.3 is 10.1 Å². The molecule has 2 aromatic carbocycles. The largest absolute Gasteiger partial charge is 0.468 e. The molecule has 1 aromatic heterocycles. The molecule has 0 saturated heterocycles. The van der Waals surface area contributed by atoms with Gasteiger partial charge in [-0.05, 0) is 43.7 Å². The number of hydrogen-bond acceptors (Lipinski definition) is 3. The number of rotatable bonds is 5.